The molecule has 4 nitrogen and oxygen atoms in total. The third-order valence-corrected chi connectivity index (χ3v) is 5.31. The van der Waals surface area contributed by atoms with Crippen LogP contribution in [0.25, 0.3) is 0 Å². The number of aryl methyl sites for hydroxylation is 1. The van der Waals surface area contributed by atoms with Crippen LogP contribution >= 0.6 is 11.8 Å². The second-order valence-electron chi connectivity index (χ2n) is 4.38. The number of nitrogens with one attached hydrogen (secondary N) is 1. The Bertz CT molecular complexity index is 616. The summed E-state index contributed by atoms with van der Waals surface area (Å²) in [5.41, 5.74) is 6.67. The molecule has 1 rings (SSSR count). The fourth-order valence-corrected chi connectivity index (χ4v) is 3.26. The van der Waals surface area contributed by atoms with E-state index in [1.54, 1.807) is 36.9 Å². The highest BCUT2D eigenvalue weighted by Gasteiger charge is 2.17. The predicted octanol–water partition coefficient (Wildman–Crippen LogP) is 1.34. The summed E-state index contributed by atoms with van der Waals surface area (Å²) in [6.07, 6.45) is 1.95. The lowest BCUT2D eigenvalue weighted by Gasteiger charge is -2.12. The van der Waals surface area contributed by atoms with Crippen LogP contribution in [-0.2, 0) is 10.0 Å². The molecule has 0 fully saturated rings. The van der Waals surface area contributed by atoms with Crippen molar-refractivity contribution in [2.75, 3.05) is 19.3 Å². The van der Waals surface area contributed by atoms with E-state index < -0.39 is 10.0 Å². The first kappa shape index (κ1) is 17.1. The minimum Gasteiger partial charge on any atom is -0.320 e. The molecule has 1 unspecified atom stereocenters. The molecule has 0 amide bonds. The van der Waals surface area contributed by atoms with E-state index in [4.69, 9.17) is 5.73 Å². The monoisotopic (exact) mass is 312 g/mol. The smallest absolute Gasteiger partial charge is 0.240 e. The van der Waals surface area contributed by atoms with E-state index >= 15 is 0 Å². The van der Waals surface area contributed by atoms with Crippen molar-refractivity contribution in [1.29, 1.82) is 0 Å². The van der Waals surface area contributed by atoms with E-state index in [1.807, 2.05) is 13.2 Å². The highest BCUT2D eigenvalue weighted by molar-refractivity contribution is 7.99. The van der Waals surface area contributed by atoms with Crippen LogP contribution < -0.4 is 10.5 Å². The van der Waals surface area contributed by atoms with Crippen molar-refractivity contribution in [2.45, 2.75) is 24.0 Å². The average molecular weight is 312 g/mol. The summed E-state index contributed by atoms with van der Waals surface area (Å²) >= 11 is 1.62. The molecule has 3 N–H and O–H groups in total. The lowest BCUT2D eigenvalue weighted by molar-refractivity contribution is 0.581. The summed E-state index contributed by atoms with van der Waals surface area (Å²) in [6.45, 7) is 4.40. The zero-order valence-corrected chi connectivity index (χ0v) is 13.6. The molecule has 0 aliphatic rings. The van der Waals surface area contributed by atoms with Gasteiger partial charge in [-0.2, -0.15) is 11.8 Å². The second-order valence-corrected chi connectivity index (χ2v) is 7.40. The van der Waals surface area contributed by atoms with Gasteiger partial charge in [0, 0.05) is 17.4 Å². The first-order chi connectivity index (χ1) is 9.40. The molecular weight excluding hydrogens is 292 g/mol. The first-order valence-electron chi connectivity index (χ1n) is 6.22. The summed E-state index contributed by atoms with van der Waals surface area (Å²) < 4.78 is 27.2. The lowest BCUT2D eigenvalue weighted by Crippen LogP contribution is -2.30. The van der Waals surface area contributed by atoms with Crippen molar-refractivity contribution < 1.29 is 8.42 Å². The molecule has 1 aromatic rings. The van der Waals surface area contributed by atoms with Crippen molar-refractivity contribution in [3.05, 3.63) is 29.3 Å². The molecule has 20 heavy (non-hydrogen) atoms. The first-order valence-corrected chi connectivity index (χ1v) is 9.00. The Balaban J connectivity index is 3.04. The number of sulfonamides is 1. The highest BCUT2D eigenvalue weighted by atomic mass is 32.2. The van der Waals surface area contributed by atoms with E-state index in [9.17, 15) is 8.42 Å². The third kappa shape index (κ3) is 4.84. The molecule has 0 aromatic heterocycles. The Labute approximate surface area is 125 Å². The van der Waals surface area contributed by atoms with Crippen molar-refractivity contribution in [1.82, 2.24) is 4.72 Å². The molecule has 0 radical (unpaired) electrons. The van der Waals surface area contributed by atoms with Gasteiger partial charge in [-0.1, -0.05) is 24.8 Å². The van der Waals surface area contributed by atoms with Gasteiger partial charge < -0.3 is 5.73 Å². The molecule has 1 atom stereocenters. The molecule has 0 saturated heterocycles. The van der Waals surface area contributed by atoms with Crippen molar-refractivity contribution >= 4 is 21.8 Å². The number of hydrogen-bond donors (Lipinski definition) is 2. The van der Waals surface area contributed by atoms with Crippen LogP contribution in [0.3, 0.4) is 0 Å². The number of benzene rings is 1. The standard InChI is InChI=1S/C14H20N2O2S2/c1-11-6-7-13(5-4-8-15)9-14(11)20(17,18)16-10-12(2)19-3/h6-7,9,12,16H,8,10,15H2,1-3H3. The fraction of sp³-hybridized carbons (Fsp3) is 0.429. The summed E-state index contributed by atoms with van der Waals surface area (Å²) in [6, 6.07) is 5.14. The Kier molecular flexibility index (Phi) is 6.56. The van der Waals surface area contributed by atoms with Gasteiger partial charge in [0.25, 0.3) is 0 Å². The van der Waals surface area contributed by atoms with Gasteiger partial charge in [0.15, 0.2) is 0 Å². The third-order valence-electron chi connectivity index (χ3n) is 2.78. The molecule has 6 heteroatoms. The van der Waals surface area contributed by atoms with Gasteiger partial charge >= 0.3 is 0 Å². The summed E-state index contributed by atoms with van der Waals surface area (Å²) in [5.74, 6) is 5.57. The zero-order chi connectivity index (χ0) is 15.2. The topological polar surface area (TPSA) is 72.2 Å². The van der Waals surface area contributed by atoms with Crippen molar-refractivity contribution in [3.8, 4) is 11.8 Å². The molecule has 110 valence electrons. The van der Waals surface area contributed by atoms with Crippen LogP contribution in [-0.4, -0.2) is 33.0 Å². The van der Waals surface area contributed by atoms with Crippen LogP contribution in [0.2, 0.25) is 0 Å². The SMILES string of the molecule is CSC(C)CNS(=O)(=O)c1cc(C#CCN)ccc1C. The van der Waals surface area contributed by atoms with Crippen molar-refractivity contribution in [3.63, 3.8) is 0 Å². The Morgan fingerprint density at radius 3 is 2.75 bits per heavy atom. The summed E-state index contributed by atoms with van der Waals surface area (Å²) in [4.78, 5) is 0.273. The van der Waals surface area contributed by atoms with Gasteiger partial charge in [-0.15, -0.1) is 0 Å². The number of rotatable bonds is 5. The molecule has 0 aliphatic heterocycles. The minimum absolute atomic E-state index is 0.227. The minimum atomic E-state index is -3.51. The molecule has 0 bridgehead atoms. The maximum Gasteiger partial charge on any atom is 0.240 e. The maximum absolute atomic E-state index is 12.3. The largest absolute Gasteiger partial charge is 0.320 e. The summed E-state index contributed by atoms with van der Waals surface area (Å²) in [5, 5.41) is 0.227. The maximum atomic E-state index is 12.3. The van der Waals surface area contributed by atoms with E-state index in [1.165, 1.54) is 0 Å². The second kappa shape index (κ2) is 7.70. The van der Waals surface area contributed by atoms with Gasteiger partial charge in [-0.25, -0.2) is 13.1 Å². The Morgan fingerprint density at radius 1 is 1.45 bits per heavy atom. The van der Waals surface area contributed by atoms with Crippen LogP contribution in [0.4, 0.5) is 0 Å². The Morgan fingerprint density at radius 2 is 2.15 bits per heavy atom. The Hall–Kier alpha value is -1.00. The van der Waals surface area contributed by atoms with E-state index in [-0.39, 0.29) is 16.7 Å². The molecule has 0 saturated carbocycles. The van der Waals surface area contributed by atoms with Gasteiger partial charge in [0.05, 0.1) is 11.4 Å². The normalized spacial score (nSPS) is 12.6. The van der Waals surface area contributed by atoms with E-state index in [0.717, 1.165) is 0 Å². The van der Waals surface area contributed by atoms with Gasteiger partial charge in [0.2, 0.25) is 10.0 Å². The molecule has 0 heterocycles. The lowest BCUT2D eigenvalue weighted by atomic mass is 10.1. The van der Waals surface area contributed by atoms with Crippen LogP contribution in [0.5, 0.6) is 0 Å². The predicted molar refractivity (Wildman–Crippen MR) is 85.3 cm³/mol. The van der Waals surface area contributed by atoms with Crippen LogP contribution in [0, 0.1) is 18.8 Å². The van der Waals surface area contributed by atoms with Gasteiger partial charge in [-0.3, -0.25) is 0 Å². The highest BCUT2D eigenvalue weighted by Crippen LogP contribution is 2.17. The quantitative estimate of drug-likeness (QED) is 0.805. The average Bonchev–Trinajstić information content (AvgIpc) is 2.43. The molecule has 0 spiro atoms. The number of hydrogen-bond acceptors (Lipinski definition) is 4. The van der Waals surface area contributed by atoms with E-state index in [2.05, 4.69) is 16.6 Å². The molecular formula is C14H20N2O2S2. The molecule has 0 aliphatic carbocycles. The summed E-state index contributed by atoms with van der Waals surface area (Å²) in [7, 11) is -3.51. The van der Waals surface area contributed by atoms with Gasteiger partial charge in [-0.05, 0) is 30.9 Å². The number of nitrogens with two attached hydrogens (primary N) is 1. The number of thioether (sulfide) groups is 1. The van der Waals surface area contributed by atoms with Crippen molar-refractivity contribution in [2.24, 2.45) is 5.73 Å². The molecule has 1 aromatic carbocycles. The zero-order valence-electron chi connectivity index (χ0n) is 11.9. The van der Waals surface area contributed by atoms with Crippen LogP contribution in [0.1, 0.15) is 18.1 Å². The van der Waals surface area contributed by atoms with Gasteiger partial charge in [0.1, 0.15) is 0 Å². The van der Waals surface area contributed by atoms with E-state index in [0.29, 0.717) is 17.7 Å². The fourth-order valence-electron chi connectivity index (χ4n) is 1.51. The van der Waals surface area contributed by atoms with Crippen LogP contribution in [0.15, 0.2) is 23.1 Å².